The summed E-state index contributed by atoms with van der Waals surface area (Å²) in [5.74, 6) is 1.29. The van der Waals surface area contributed by atoms with Crippen LogP contribution in [0.25, 0.3) is 0 Å². The van der Waals surface area contributed by atoms with Crippen LogP contribution in [-0.4, -0.2) is 12.6 Å². The van der Waals surface area contributed by atoms with Crippen LogP contribution in [0, 0.1) is 0 Å². The summed E-state index contributed by atoms with van der Waals surface area (Å²) in [5, 5.41) is 0.522. The van der Waals surface area contributed by atoms with E-state index in [9.17, 15) is 4.79 Å². The standard InChI is InChI=1S/C15H11ClO3/c16-12-8-15-14(18-9-19-15)7-11(12)6-13(17)10-4-2-1-3-5-10/h1-5,7-8H,6,9H2. The number of rotatable bonds is 3. The Kier molecular flexibility index (Phi) is 3.13. The number of fused-ring (bicyclic) bond motifs is 1. The predicted molar refractivity (Wildman–Crippen MR) is 72.1 cm³/mol. The van der Waals surface area contributed by atoms with Gasteiger partial charge in [-0.25, -0.2) is 0 Å². The highest BCUT2D eigenvalue weighted by Gasteiger charge is 2.18. The smallest absolute Gasteiger partial charge is 0.231 e. The summed E-state index contributed by atoms with van der Waals surface area (Å²) < 4.78 is 10.5. The van der Waals surface area contributed by atoms with Crippen molar-refractivity contribution < 1.29 is 14.3 Å². The molecule has 0 unspecified atom stereocenters. The van der Waals surface area contributed by atoms with Gasteiger partial charge in [0.15, 0.2) is 17.3 Å². The Balaban J connectivity index is 1.86. The van der Waals surface area contributed by atoms with E-state index >= 15 is 0 Å². The van der Waals surface area contributed by atoms with E-state index in [4.69, 9.17) is 21.1 Å². The molecule has 2 aromatic carbocycles. The third-order valence-electron chi connectivity index (χ3n) is 2.99. The fraction of sp³-hybridized carbons (Fsp3) is 0.133. The predicted octanol–water partition coefficient (Wildman–Crippen LogP) is 3.49. The van der Waals surface area contributed by atoms with Gasteiger partial charge in [-0.1, -0.05) is 41.9 Å². The van der Waals surface area contributed by atoms with Gasteiger partial charge < -0.3 is 9.47 Å². The highest BCUT2D eigenvalue weighted by molar-refractivity contribution is 6.31. The quantitative estimate of drug-likeness (QED) is 0.804. The summed E-state index contributed by atoms with van der Waals surface area (Å²) >= 11 is 6.15. The molecule has 0 saturated carbocycles. The second-order valence-corrected chi connectivity index (χ2v) is 4.67. The third-order valence-corrected chi connectivity index (χ3v) is 3.34. The third kappa shape index (κ3) is 2.42. The maximum absolute atomic E-state index is 12.1. The van der Waals surface area contributed by atoms with Crippen molar-refractivity contribution in [2.24, 2.45) is 0 Å². The van der Waals surface area contributed by atoms with Crippen molar-refractivity contribution in [1.29, 1.82) is 0 Å². The zero-order valence-corrected chi connectivity index (χ0v) is 10.8. The molecule has 0 saturated heterocycles. The normalized spacial score (nSPS) is 12.5. The number of carbonyl (C=O) groups excluding carboxylic acids is 1. The van der Waals surface area contributed by atoms with Gasteiger partial charge in [0.25, 0.3) is 0 Å². The van der Waals surface area contributed by atoms with Crippen molar-refractivity contribution in [1.82, 2.24) is 0 Å². The molecule has 3 nitrogen and oxygen atoms in total. The fourth-order valence-electron chi connectivity index (χ4n) is 1.99. The molecule has 0 fully saturated rings. The highest BCUT2D eigenvalue weighted by atomic mass is 35.5. The van der Waals surface area contributed by atoms with E-state index in [0.29, 0.717) is 22.1 Å². The van der Waals surface area contributed by atoms with Gasteiger partial charge in [0.05, 0.1) is 0 Å². The van der Waals surface area contributed by atoms with Crippen LogP contribution in [0.2, 0.25) is 5.02 Å². The minimum Gasteiger partial charge on any atom is -0.454 e. The Morgan fingerprint density at radius 1 is 1.11 bits per heavy atom. The fourth-order valence-corrected chi connectivity index (χ4v) is 2.21. The molecule has 0 N–H and O–H groups in total. The first-order chi connectivity index (χ1) is 9.24. The lowest BCUT2D eigenvalue weighted by Crippen LogP contribution is -2.03. The van der Waals surface area contributed by atoms with Crippen molar-refractivity contribution in [2.45, 2.75) is 6.42 Å². The van der Waals surface area contributed by atoms with E-state index in [1.807, 2.05) is 18.2 Å². The van der Waals surface area contributed by atoms with E-state index in [-0.39, 0.29) is 19.0 Å². The van der Waals surface area contributed by atoms with Gasteiger partial charge in [0.1, 0.15) is 0 Å². The van der Waals surface area contributed by atoms with Gasteiger partial charge in [0.2, 0.25) is 6.79 Å². The zero-order valence-electron chi connectivity index (χ0n) is 10.1. The molecule has 0 atom stereocenters. The van der Waals surface area contributed by atoms with Gasteiger partial charge in [-0.2, -0.15) is 0 Å². The van der Waals surface area contributed by atoms with Gasteiger partial charge >= 0.3 is 0 Å². The molecule has 0 aliphatic carbocycles. The zero-order chi connectivity index (χ0) is 13.2. The number of halogens is 1. The second-order valence-electron chi connectivity index (χ2n) is 4.26. The van der Waals surface area contributed by atoms with Crippen molar-refractivity contribution in [3.05, 3.63) is 58.6 Å². The highest BCUT2D eigenvalue weighted by Crippen LogP contribution is 2.37. The van der Waals surface area contributed by atoms with Gasteiger partial charge in [-0.15, -0.1) is 0 Å². The summed E-state index contributed by atoms with van der Waals surface area (Å²) in [6.07, 6.45) is 0.249. The molecule has 19 heavy (non-hydrogen) atoms. The van der Waals surface area contributed by atoms with Crippen molar-refractivity contribution >= 4 is 17.4 Å². The van der Waals surface area contributed by atoms with E-state index in [0.717, 1.165) is 5.56 Å². The van der Waals surface area contributed by atoms with E-state index < -0.39 is 0 Å². The van der Waals surface area contributed by atoms with Crippen molar-refractivity contribution in [2.75, 3.05) is 6.79 Å². The molecule has 4 heteroatoms. The Morgan fingerprint density at radius 3 is 2.53 bits per heavy atom. The van der Waals surface area contributed by atoms with Crippen LogP contribution in [0.15, 0.2) is 42.5 Å². The molecule has 0 aromatic heterocycles. The van der Waals surface area contributed by atoms with E-state index in [1.54, 1.807) is 24.3 Å². The lowest BCUT2D eigenvalue weighted by Gasteiger charge is -2.06. The Labute approximate surface area is 115 Å². The Hall–Kier alpha value is -2.00. The minimum absolute atomic E-state index is 0.0290. The molecule has 1 aliphatic heterocycles. The molecule has 2 aromatic rings. The molecule has 3 rings (SSSR count). The molecule has 0 spiro atoms. The van der Waals surface area contributed by atoms with Crippen LogP contribution in [0.3, 0.4) is 0 Å². The second kappa shape index (κ2) is 4.94. The van der Waals surface area contributed by atoms with Crippen LogP contribution >= 0.6 is 11.6 Å². The molecule has 0 amide bonds. The topological polar surface area (TPSA) is 35.5 Å². The Bertz CT molecular complexity index is 623. The molecular weight excluding hydrogens is 264 g/mol. The number of carbonyl (C=O) groups is 1. The SMILES string of the molecule is O=C(Cc1cc2c(cc1Cl)OCO2)c1ccccc1. The number of benzene rings is 2. The van der Waals surface area contributed by atoms with Crippen LogP contribution in [0.4, 0.5) is 0 Å². The summed E-state index contributed by atoms with van der Waals surface area (Å²) in [7, 11) is 0. The van der Waals surface area contributed by atoms with E-state index in [2.05, 4.69) is 0 Å². The molecule has 0 bridgehead atoms. The number of ketones is 1. The van der Waals surface area contributed by atoms with Crippen LogP contribution in [0.1, 0.15) is 15.9 Å². The van der Waals surface area contributed by atoms with Crippen LogP contribution in [-0.2, 0) is 6.42 Å². The average Bonchev–Trinajstić information content (AvgIpc) is 2.87. The monoisotopic (exact) mass is 274 g/mol. The minimum atomic E-state index is 0.0290. The van der Waals surface area contributed by atoms with Gasteiger partial charge in [-0.3, -0.25) is 4.79 Å². The first-order valence-electron chi connectivity index (χ1n) is 5.90. The molecule has 1 heterocycles. The summed E-state index contributed by atoms with van der Waals surface area (Å²) in [4.78, 5) is 12.1. The molecular formula is C15H11ClO3. The molecule has 1 aliphatic rings. The van der Waals surface area contributed by atoms with Crippen LogP contribution in [0.5, 0.6) is 11.5 Å². The summed E-state index contributed by atoms with van der Waals surface area (Å²) in [5.41, 5.74) is 1.43. The maximum atomic E-state index is 12.1. The summed E-state index contributed by atoms with van der Waals surface area (Å²) in [6.45, 7) is 0.196. The Morgan fingerprint density at radius 2 is 1.79 bits per heavy atom. The molecule has 0 radical (unpaired) electrons. The number of ether oxygens (including phenoxy) is 2. The lowest BCUT2D eigenvalue weighted by molar-refractivity contribution is 0.0993. The first-order valence-corrected chi connectivity index (χ1v) is 6.28. The lowest BCUT2D eigenvalue weighted by atomic mass is 10.0. The van der Waals surface area contributed by atoms with Crippen molar-refractivity contribution in [3.8, 4) is 11.5 Å². The molecule has 96 valence electrons. The number of hydrogen-bond donors (Lipinski definition) is 0. The maximum Gasteiger partial charge on any atom is 0.231 e. The van der Waals surface area contributed by atoms with Crippen LogP contribution < -0.4 is 9.47 Å². The first kappa shape index (κ1) is 12.1. The average molecular weight is 275 g/mol. The largest absolute Gasteiger partial charge is 0.454 e. The van der Waals surface area contributed by atoms with Gasteiger partial charge in [0, 0.05) is 23.1 Å². The number of hydrogen-bond acceptors (Lipinski definition) is 3. The van der Waals surface area contributed by atoms with Crippen molar-refractivity contribution in [3.63, 3.8) is 0 Å². The van der Waals surface area contributed by atoms with Gasteiger partial charge in [-0.05, 0) is 11.6 Å². The summed E-state index contributed by atoms with van der Waals surface area (Å²) in [6, 6.07) is 12.6. The van der Waals surface area contributed by atoms with E-state index in [1.165, 1.54) is 0 Å². The number of Topliss-reactive ketones (excluding diaryl/α,β-unsaturated/α-hetero) is 1.